The van der Waals surface area contributed by atoms with Gasteiger partial charge in [0, 0.05) is 12.1 Å². The summed E-state index contributed by atoms with van der Waals surface area (Å²) >= 11 is 0. The van der Waals surface area contributed by atoms with Crippen LogP contribution in [0.4, 0.5) is 0 Å². The highest BCUT2D eigenvalue weighted by atomic mass is 16.5. The lowest BCUT2D eigenvalue weighted by Gasteiger charge is -2.46. The van der Waals surface area contributed by atoms with E-state index in [4.69, 9.17) is 4.74 Å². The lowest BCUT2D eigenvalue weighted by molar-refractivity contribution is -0.154. The standard InChI is InChI=1S/C17H29NO2/c1-11-5-4-6-12(9-11)14-10-13-7-8-15(18(13)2)16(14)17(19)20-3/h11-16H,4-10H2,1-3H3/t11?,12?,13-,14-,15?,16+/m1/s1. The molecule has 0 radical (unpaired) electrons. The van der Waals surface area contributed by atoms with Crippen LogP contribution in [0.1, 0.15) is 51.9 Å². The third kappa shape index (κ3) is 2.38. The number of nitrogens with zero attached hydrogens (tertiary/aromatic N) is 1. The fourth-order valence-corrected chi connectivity index (χ4v) is 5.33. The van der Waals surface area contributed by atoms with Crippen LogP contribution in [0.3, 0.4) is 0 Å². The van der Waals surface area contributed by atoms with Crippen LogP contribution in [0.5, 0.6) is 0 Å². The van der Waals surface area contributed by atoms with Crippen molar-refractivity contribution in [2.45, 2.75) is 64.0 Å². The minimum atomic E-state index is 0.0467. The summed E-state index contributed by atoms with van der Waals surface area (Å²) in [6, 6.07) is 1.14. The minimum Gasteiger partial charge on any atom is -0.469 e. The van der Waals surface area contributed by atoms with E-state index in [9.17, 15) is 4.79 Å². The van der Waals surface area contributed by atoms with E-state index in [1.54, 1.807) is 7.11 Å². The van der Waals surface area contributed by atoms with Crippen molar-refractivity contribution in [1.82, 2.24) is 4.90 Å². The molecule has 0 aromatic carbocycles. The van der Waals surface area contributed by atoms with Gasteiger partial charge in [0.1, 0.15) is 0 Å². The van der Waals surface area contributed by atoms with E-state index in [-0.39, 0.29) is 11.9 Å². The van der Waals surface area contributed by atoms with Crippen LogP contribution in [0.15, 0.2) is 0 Å². The van der Waals surface area contributed by atoms with Gasteiger partial charge in [-0.15, -0.1) is 0 Å². The Kier molecular flexibility index (Phi) is 4.07. The van der Waals surface area contributed by atoms with E-state index < -0.39 is 0 Å². The summed E-state index contributed by atoms with van der Waals surface area (Å²) in [6.45, 7) is 2.38. The second-order valence-corrected chi connectivity index (χ2v) is 7.44. The molecule has 1 aliphatic carbocycles. The number of carbonyl (C=O) groups is 1. The second kappa shape index (κ2) is 5.67. The number of hydrogen-bond acceptors (Lipinski definition) is 3. The molecule has 3 heteroatoms. The van der Waals surface area contributed by atoms with Gasteiger partial charge >= 0.3 is 5.97 Å². The summed E-state index contributed by atoms with van der Waals surface area (Å²) in [5, 5.41) is 0. The molecular formula is C17H29NO2. The third-order valence-corrected chi connectivity index (χ3v) is 6.37. The highest BCUT2D eigenvalue weighted by molar-refractivity contribution is 5.74. The molecule has 2 saturated heterocycles. The van der Waals surface area contributed by atoms with Gasteiger partial charge in [-0.1, -0.05) is 26.2 Å². The highest BCUT2D eigenvalue weighted by Gasteiger charge is 2.51. The summed E-state index contributed by atoms with van der Waals surface area (Å²) in [5.41, 5.74) is 0. The monoisotopic (exact) mass is 279 g/mol. The molecule has 2 aliphatic heterocycles. The molecule has 0 amide bonds. The van der Waals surface area contributed by atoms with Crippen molar-refractivity contribution in [1.29, 1.82) is 0 Å². The average molecular weight is 279 g/mol. The molecule has 2 bridgehead atoms. The first kappa shape index (κ1) is 14.4. The molecule has 3 rings (SSSR count). The van der Waals surface area contributed by atoms with E-state index in [1.807, 2.05) is 0 Å². The van der Waals surface area contributed by atoms with Crippen LogP contribution in [0.2, 0.25) is 0 Å². The Hall–Kier alpha value is -0.570. The SMILES string of the molecule is COC(=O)[C@@H]1C2CC[C@H](C[C@@H]1C1CCCC(C)C1)N2C. The molecule has 3 unspecified atom stereocenters. The van der Waals surface area contributed by atoms with Crippen LogP contribution in [-0.4, -0.2) is 37.1 Å². The average Bonchev–Trinajstić information content (AvgIpc) is 2.69. The van der Waals surface area contributed by atoms with Crippen LogP contribution >= 0.6 is 0 Å². The molecule has 3 fully saturated rings. The second-order valence-electron chi connectivity index (χ2n) is 7.44. The van der Waals surface area contributed by atoms with Crippen LogP contribution in [0.25, 0.3) is 0 Å². The minimum absolute atomic E-state index is 0.0467. The van der Waals surface area contributed by atoms with E-state index in [2.05, 4.69) is 18.9 Å². The van der Waals surface area contributed by atoms with Gasteiger partial charge < -0.3 is 4.74 Å². The van der Waals surface area contributed by atoms with Gasteiger partial charge in [0.15, 0.2) is 0 Å². The number of fused-ring (bicyclic) bond motifs is 2. The predicted octanol–water partition coefficient (Wildman–Crippen LogP) is 3.08. The van der Waals surface area contributed by atoms with E-state index in [1.165, 1.54) is 44.9 Å². The number of piperidine rings is 1. The predicted molar refractivity (Wildman–Crippen MR) is 79.3 cm³/mol. The van der Waals surface area contributed by atoms with Crippen molar-refractivity contribution in [2.24, 2.45) is 23.7 Å². The molecular weight excluding hydrogens is 250 g/mol. The number of ether oxygens (including phenoxy) is 1. The van der Waals surface area contributed by atoms with Crippen molar-refractivity contribution in [3.63, 3.8) is 0 Å². The molecule has 1 saturated carbocycles. The molecule has 3 nitrogen and oxygen atoms in total. The number of carbonyl (C=O) groups excluding carboxylic acids is 1. The summed E-state index contributed by atoms with van der Waals surface area (Å²) in [7, 11) is 3.77. The first-order chi connectivity index (χ1) is 9.61. The van der Waals surface area contributed by atoms with Crippen molar-refractivity contribution in [3.8, 4) is 0 Å². The lowest BCUT2D eigenvalue weighted by Crippen LogP contribution is -2.52. The maximum atomic E-state index is 12.4. The zero-order chi connectivity index (χ0) is 14.3. The van der Waals surface area contributed by atoms with Crippen molar-refractivity contribution in [2.75, 3.05) is 14.2 Å². The van der Waals surface area contributed by atoms with Gasteiger partial charge in [0.2, 0.25) is 0 Å². The summed E-state index contributed by atoms with van der Waals surface area (Å²) in [5.74, 6) is 2.33. The van der Waals surface area contributed by atoms with E-state index >= 15 is 0 Å². The molecule has 6 atom stereocenters. The number of rotatable bonds is 2. The number of hydrogen-bond donors (Lipinski definition) is 0. The van der Waals surface area contributed by atoms with Gasteiger partial charge in [-0.25, -0.2) is 0 Å². The Bertz CT molecular complexity index is 370. The van der Waals surface area contributed by atoms with Gasteiger partial charge in [0.25, 0.3) is 0 Å². The van der Waals surface area contributed by atoms with Crippen molar-refractivity contribution in [3.05, 3.63) is 0 Å². The molecule has 20 heavy (non-hydrogen) atoms. The van der Waals surface area contributed by atoms with E-state index in [0.29, 0.717) is 18.0 Å². The van der Waals surface area contributed by atoms with Crippen LogP contribution in [-0.2, 0) is 9.53 Å². The van der Waals surface area contributed by atoms with Crippen molar-refractivity contribution < 1.29 is 9.53 Å². The fraction of sp³-hybridized carbons (Fsp3) is 0.941. The largest absolute Gasteiger partial charge is 0.469 e. The van der Waals surface area contributed by atoms with Crippen LogP contribution < -0.4 is 0 Å². The molecule has 2 heterocycles. The maximum Gasteiger partial charge on any atom is 0.310 e. The number of methoxy groups -OCH3 is 1. The number of esters is 1. The molecule has 0 N–H and O–H groups in total. The summed E-state index contributed by atoms with van der Waals surface area (Å²) in [6.07, 6.45) is 9.03. The Morgan fingerprint density at radius 2 is 1.95 bits per heavy atom. The first-order valence-electron chi connectivity index (χ1n) is 8.41. The topological polar surface area (TPSA) is 29.5 Å². The Morgan fingerprint density at radius 1 is 1.15 bits per heavy atom. The van der Waals surface area contributed by atoms with E-state index in [0.717, 1.165) is 11.8 Å². The zero-order valence-corrected chi connectivity index (χ0v) is 13.2. The highest BCUT2D eigenvalue weighted by Crippen LogP contribution is 2.48. The molecule has 3 aliphatic rings. The Morgan fingerprint density at radius 3 is 2.65 bits per heavy atom. The van der Waals surface area contributed by atoms with Gasteiger partial charge in [-0.2, -0.15) is 0 Å². The normalized spacial score (nSPS) is 45.4. The molecule has 0 spiro atoms. The van der Waals surface area contributed by atoms with Gasteiger partial charge in [-0.3, -0.25) is 9.69 Å². The fourth-order valence-electron chi connectivity index (χ4n) is 5.33. The maximum absolute atomic E-state index is 12.4. The smallest absolute Gasteiger partial charge is 0.310 e. The zero-order valence-electron chi connectivity index (χ0n) is 13.2. The third-order valence-electron chi connectivity index (χ3n) is 6.37. The lowest BCUT2D eigenvalue weighted by atomic mass is 9.66. The first-order valence-corrected chi connectivity index (χ1v) is 8.41. The van der Waals surface area contributed by atoms with Crippen molar-refractivity contribution >= 4 is 5.97 Å². The Labute approximate surface area is 123 Å². The summed E-state index contributed by atoms with van der Waals surface area (Å²) < 4.78 is 5.17. The van der Waals surface area contributed by atoms with Gasteiger partial charge in [-0.05, 0) is 50.5 Å². The Balaban J connectivity index is 1.82. The molecule has 0 aromatic heterocycles. The molecule has 114 valence electrons. The quantitative estimate of drug-likeness (QED) is 0.728. The summed E-state index contributed by atoms with van der Waals surface area (Å²) in [4.78, 5) is 14.8. The van der Waals surface area contributed by atoms with Gasteiger partial charge in [0.05, 0.1) is 13.0 Å². The molecule has 0 aromatic rings. The van der Waals surface area contributed by atoms with Crippen LogP contribution in [0, 0.1) is 23.7 Å².